The van der Waals surface area contributed by atoms with Crippen LogP contribution in [0.1, 0.15) is 11.3 Å². The highest BCUT2D eigenvalue weighted by atomic mass is 16.5. The van der Waals surface area contributed by atoms with E-state index in [0.717, 1.165) is 12.1 Å². The molecular weight excluding hydrogens is 280 g/mol. The molecule has 0 bridgehead atoms. The summed E-state index contributed by atoms with van der Waals surface area (Å²) in [7, 11) is 0. The summed E-state index contributed by atoms with van der Waals surface area (Å²) < 4.78 is 7.20. The van der Waals surface area contributed by atoms with Crippen LogP contribution in [0.3, 0.4) is 0 Å². The van der Waals surface area contributed by atoms with Crippen molar-refractivity contribution in [3.8, 4) is 0 Å². The third-order valence-corrected chi connectivity index (χ3v) is 3.87. The summed E-state index contributed by atoms with van der Waals surface area (Å²) in [6, 6.07) is 5.95. The van der Waals surface area contributed by atoms with E-state index in [1.54, 1.807) is 17.1 Å². The van der Waals surface area contributed by atoms with Gasteiger partial charge >= 0.3 is 0 Å². The van der Waals surface area contributed by atoms with Crippen molar-refractivity contribution in [1.29, 1.82) is 0 Å². The molecule has 2 aromatic heterocycles. The van der Waals surface area contributed by atoms with Crippen LogP contribution in [0, 0.1) is 12.8 Å². The molecule has 116 valence electrons. The van der Waals surface area contributed by atoms with E-state index < -0.39 is 0 Å². The highest BCUT2D eigenvalue weighted by molar-refractivity contribution is 5.76. The molecule has 6 heteroatoms. The lowest BCUT2D eigenvalue weighted by atomic mass is 9.95. The number of carbonyl (C=O) groups excluding carboxylic acids is 1. The maximum absolute atomic E-state index is 12.1. The van der Waals surface area contributed by atoms with Crippen molar-refractivity contribution in [3.05, 3.63) is 48.0 Å². The number of hydrogen-bond acceptors (Lipinski definition) is 4. The van der Waals surface area contributed by atoms with Crippen molar-refractivity contribution in [2.45, 2.75) is 25.9 Å². The van der Waals surface area contributed by atoms with Crippen LogP contribution in [0.25, 0.3) is 0 Å². The Hall–Kier alpha value is -2.21. The fourth-order valence-electron chi connectivity index (χ4n) is 2.73. The van der Waals surface area contributed by atoms with Crippen molar-refractivity contribution in [2.75, 3.05) is 13.2 Å². The second kappa shape index (κ2) is 6.70. The van der Waals surface area contributed by atoms with Crippen LogP contribution in [-0.4, -0.2) is 39.9 Å². The lowest BCUT2D eigenvalue weighted by Gasteiger charge is -2.19. The van der Waals surface area contributed by atoms with Crippen molar-refractivity contribution < 1.29 is 9.53 Å². The normalized spacial score (nSPS) is 21.0. The van der Waals surface area contributed by atoms with Gasteiger partial charge in [0.2, 0.25) is 5.91 Å². The predicted octanol–water partition coefficient (Wildman–Crippen LogP) is 0.960. The molecule has 0 aromatic carbocycles. The van der Waals surface area contributed by atoms with E-state index >= 15 is 0 Å². The van der Waals surface area contributed by atoms with Gasteiger partial charge in [0.05, 0.1) is 24.9 Å². The van der Waals surface area contributed by atoms with Crippen LogP contribution >= 0.6 is 0 Å². The largest absolute Gasteiger partial charge is 0.379 e. The Morgan fingerprint density at radius 3 is 2.91 bits per heavy atom. The van der Waals surface area contributed by atoms with Crippen LogP contribution in [0.5, 0.6) is 0 Å². The lowest BCUT2D eigenvalue weighted by molar-refractivity contribution is -0.122. The van der Waals surface area contributed by atoms with Gasteiger partial charge in [0.25, 0.3) is 0 Å². The first-order valence-electron chi connectivity index (χ1n) is 7.47. The summed E-state index contributed by atoms with van der Waals surface area (Å²) in [6.45, 7) is 3.39. The molecule has 0 radical (unpaired) electrons. The van der Waals surface area contributed by atoms with Gasteiger partial charge in [-0.15, -0.1) is 0 Å². The molecule has 0 unspecified atom stereocenters. The molecule has 0 saturated carbocycles. The third-order valence-electron chi connectivity index (χ3n) is 3.87. The molecule has 22 heavy (non-hydrogen) atoms. The minimum Gasteiger partial charge on any atom is -0.379 e. The maximum Gasteiger partial charge on any atom is 0.242 e. The number of amides is 1. The van der Waals surface area contributed by atoms with Crippen molar-refractivity contribution >= 4 is 5.91 Å². The number of carbonyl (C=O) groups is 1. The molecule has 1 aliphatic rings. The number of aryl methyl sites for hydroxylation is 1. The monoisotopic (exact) mass is 300 g/mol. The van der Waals surface area contributed by atoms with E-state index in [0.29, 0.717) is 19.1 Å². The summed E-state index contributed by atoms with van der Waals surface area (Å²) in [5, 5.41) is 7.30. The Morgan fingerprint density at radius 2 is 2.18 bits per heavy atom. The average molecular weight is 300 g/mol. The zero-order chi connectivity index (χ0) is 15.4. The molecule has 0 aliphatic carbocycles. The minimum atomic E-state index is -0.0293. The molecule has 2 aromatic rings. The maximum atomic E-state index is 12.1. The van der Waals surface area contributed by atoms with Crippen LogP contribution in [0.2, 0.25) is 0 Å². The molecule has 1 aliphatic heterocycles. The van der Waals surface area contributed by atoms with Crippen LogP contribution in [0.4, 0.5) is 0 Å². The van der Waals surface area contributed by atoms with E-state index in [1.165, 1.54) is 5.56 Å². The lowest BCUT2D eigenvalue weighted by Crippen LogP contribution is -2.42. The van der Waals surface area contributed by atoms with Crippen molar-refractivity contribution in [2.24, 2.45) is 5.92 Å². The standard InChI is InChI=1S/C16H20N4O2/c1-12-4-7-20(19-12)9-16(21)18-15-11-22-10-14(15)8-13-2-5-17-6-3-13/h2-7,14-15H,8-11H2,1H3,(H,18,21)/t14-,15+/m1/s1. The SMILES string of the molecule is Cc1ccn(CC(=O)N[C@H]2COC[C@H]2Cc2ccncc2)n1. The highest BCUT2D eigenvalue weighted by Gasteiger charge is 2.29. The average Bonchev–Trinajstić information content (AvgIpc) is 3.10. The Labute approximate surface area is 129 Å². The fourth-order valence-corrected chi connectivity index (χ4v) is 2.73. The molecular formula is C16H20N4O2. The van der Waals surface area contributed by atoms with Gasteiger partial charge in [-0.25, -0.2) is 0 Å². The first kappa shape index (κ1) is 14.7. The highest BCUT2D eigenvalue weighted by Crippen LogP contribution is 2.19. The van der Waals surface area contributed by atoms with Gasteiger partial charge in [-0.3, -0.25) is 14.5 Å². The Balaban J connectivity index is 1.55. The Kier molecular flexibility index (Phi) is 4.48. The zero-order valence-corrected chi connectivity index (χ0v) is 12.6. The summed E-state index contributed by atoms with van der Waals surface area (Å²) in [5.74, 6) is 0.268. The van der Waals surface area contributed by atoms with Gasteiger partial charge in [0.1, 0.15) is 6.54 Å². The molecule has 1 amide bonds. The van der Waals surface area contributed by atoms with Gasteiger partial charge in [0, 0.05) is 24.5 Å². The van der Waals surface area contributed by atoms with Gasteiger partial charge in [-0.05, 0) is 37.1 Å². The third kappa shape index (κ3) is 3.71. The smallest absolute Gasteiger partial charge is 0.242 e. The molecule has 1 fully saturated rings. The molecule has 3 rings (SSSR count). The summed E-state index contributed by atoms with van der Waals surface area (Å²) in [4.78, 5) is 16.2. The zero-order valence-electron chi connectivity index (χ0n) is 12.6. The number of nitrogens with zero attached hydrogens (tertiary/aromatic N) is 3. The van der Waals surface area contributed by atoms with Crippen LogP contribution < -0.4 is 5.32 Å². The topological polar surface area (TPSA) is 69.0 Å². The van der Waals surface area contributed by atoms with Gasteiger partial charge in [0.15, 0.2) is 0 Å². The van der Waals surface area contributed by atoms with E-state index in [1.807, 2.05) is 31.3 Å². The Bertz CT molecular complexity index is 626. The molecule has 0 spiro atoms. The molecule has 3 heterocycles. The summed E-state index contributed by atoms with van der Waals surface area (Å²) >= 11 is 0. The second-order valence-electron chi connectivity index (χ2n) is 5.69. The van der Waals surface area contributed by atoms with Crippen LogP contribution in [-0.2, 0) is 22.5 Å². The van der Waals surface area contributed by atoms with Gasteiger partial charge in [-0.2, -0.15) is 5.10 Å². The quantitative estimate of drug-likeness (QED) is 0.893. The number of rotatable bonds is 5. The fraction of sp³-hybridized carbons (Fsp3) is 0.438. The van der Waals surface area contributed by atoms with E-state index in [9.17, 15) is 4.79 Å². The van der Waals surface area contributed by atoms with Gasteiger partial charge < -0.3 is 10.1 Å². The first-order chi connectivity index (χ1) is 10.7. The van der Waals surface area contributed by atoms with Crippen molar-refractivity contribution in [3.63, 3.8) is 0 Å². The molecule has 6 nitrogen and oxygen atoms in total. The van der Waals surface area contributed by atoms with Crippen molar-refractivity contribution in [1.82, 2.24) is 20.1 Å². The second-order valence-corrected chi connectivity index (χ2v) is 5.69. The molecule has 2 atom stereocenters. The minimum absolute atomic E-state index is 0.0293. The van der Waals surface area contributed by atoms with E-state index in [-0.39, 0.29) is 18.5 Å². The summed E-state index contributed by atoms with van der Waals surface area (Å²) in [6.07, 6.45) is 6.28. The van der Waals surface area contributed by atoms with Crippen LogP contribution in [0.15, 0.2) is 36.8 Å². The number of hydrogen-bond donors (Lipinski definition) is 1. The number of nitrogens with one attached hydrogen (secondary N) is 1. The number of pyridine rings is 1. The van der Waals surface area contributed by atoms with E-state index in [2.05, 4.69) is 15.4 Å². The number of aromatic nitrogens is 3. The first-order valence-corrected chi connectivity index (χ1v) is 7.47. The predicted molar refractivity (Wildman–Crippen MR) is 81.1 cm³/mol. The van der Waals surface area contributed by atoms with E-state index in [4.69, 9.17) is 4.74 Å². The molecule has 1 saturated heterocycles. The Morgan fingerprint density at radius 1 is 1.36 bits per heavy atom. The summed E-state index contributed by atoms with van der Waals surface area (Å²) in [5.41, 5.74) is 2.13. The molecule has 1 N–H and O–H groups in total. The number of ether oxygens (including phenoxy) is 1. The van der Waals surface area contributed by atoms with Gasteiger partial charge in [-0.1, -0.05) is 0 Å².